The molecule has 1 heteroatoms. The van der Waals surface area contributed by atoms with Crippen LogP contribution in [0.5, 0.6) is 0 Å². The predicted molar refractivity (Wildman–Crippen MR) is 43.1 cm³/mol. The monoisotopic (exact) mass is 152 g/mol. The first-order chi connectivity index (χ1) is 5.11. The topological polar surface area (TPSA) is 20.2 Å². The number of rotatable bonds is 0. The van der Waals surface area contributed by atoms with Crippen molar-refractivity contribution in [2.24, 2.45) is 17.3 Å². The van der Waals surface area contributed by atoms with E-state index in [-0.39, 0.29) is 5.60 Å². The number of hydrogen-bond donors (Lipinski definition) is 1. The second-order valence-corrected chi connectivity index (χ2v) is 5.38. The summed E-state index contributed by atoms with van der Waals surface area (Å²) in [5.41, 5.74) is 0.0845. The zero-order chi connectivity index (χ0) is 7.69. The van der Waals surface area contributed by atoms with Gasteiger partial charge in [0.2, 0.25) is 0 Å². The molecule has 62 valence electrons. The average molecular weight is 152 g/mol. The van der Waals surface area contributed by atoms with Crippen molar-refractivity contribution >= 4 is 0 Å². The summed E-state index contributed by atoms with van der Waals surface area (Å²) in [6.45, 7) is 2.30. The lowest BCUT2D eigenvalue weighted by Crippen LogP contribution is -2.36. The molecule has 4 fully saturated rings. The van der Waals surface area contributed by atoms with Gasteiger partial charge < -0.3 is 5.11 Å². The van der Waals surface area contributed by atoms with Crippen molar-refractivity contribution in [1.29, 1.82) is 0 Å². The fourth-order valence-electron chi connectivity index (χ4n) is 4.22. The molecule has 4 atom stereocenters. The molecule has 2 unspecified atom stereocenters. The molecule has 0 radical (unpaired) electrons. The highest BCUT2D eigenvalue weighted by molar-refractivity contribution is 5.14. The zero-order valence-electron chi connectivity index (χ0n) is 7.14. The van der Waals surface area contributed by atoms with Crippen LogP contribution >= 0.6 is 0 Å². The van der Waals surface area contributed by atoms with Gasteiger partial charge >= 0.3 is 0 Å². The second-order valence-electron chi connectivity index (χ2n) is 5.38. The van der Waals surface area contributed by atoms with Gasteiger partial charge in [-0.3, -0.25) is 0 Å². The quantitative estimate of drug-likeness (QED) is 0.562. The SMILES string of the molecule is CC12C[C@H]3C[C@@H](C1)CC2(O)C3. The molecule has 4 rings (SSSR count). The fraction of sp³-hybridized carbons (Fsp3) is 1.00. The molecule has 0 saturated heterocycles. The van der Waals surface area contributed by atoms with Gasteiger partial charge in [0.05, 0.1) is 5.60 Å². The van der Waals surface area contributed by atoms with Crippen LogP contribution in [0.3, 0.4) is 0 Å². The third-order valence-corrected chi connectivity index (χ3v) is 4.52. The van der Waals surface area contributed by atoms with Crippen molar-refractivity contribution in [1.82, 2.24) is 0 Å². The van der Waals surface area contributed by atoms with Crippen molar-refractivity contribution in [2.75, 3.05) is 0 Å². The van der Waals surface area contributed by atoms with Gasteiger partial charge in [-0.25, -0.2) is 0 Å². The van der Waals surface area contributed by atoms with E-state index in [4.69, 9.17) is 0 Å². The molecular formula is C10H16O. The molecule has 0 amide bonds. The Bertz CT molecular complexity index is 175. The normalized spacial score (nSPS) is 66.0. The van der Waals surface area contributed by atoms with E-state index < -0.39 is 0 Å². The molecular weight excluding hydrogens is 136 g/mol. The van der Waals surface area contributed by atoms with E-state index in [0.29, 0.717) is 5.41 Å². The first kappa shape index (κ1) is 6.47. The molecule has 1 N–H and O–H groups in total. The Hall–Kier alpha value is -0.0400. The Morgan fingerprint density at radius 1 is 1.09 bits per heavy atom. The average Bonchev–Trinajstić information content (AvgIpc) is 2.07. The molecule has 0 aromatic rings. The standard InChI is InChI=1S/C10H16O/c1-9-3-7-2-8(4-9)6-10(9,11)5-7/h7-8,11H,2-6H2,1H3/t7-,8+,9?,10?. The summed E-state index contributed by atoms with van der Waals surface area (Å²) < 4.78 is 0. The maximum absolute atomic E-state index is 10.3. The molecule has 4 aliphatic carbocycles. The van der Waals surface area contributed by atoms with E-state index in [0.717, 1.165) is 24.7 Å². The third kappa shape index (κ3) is 0.581. The van der Waals surface area contributed by atoms with Crippen molar-refractivity contribution in [3.8, 4) is 0 Å². The molecule has 0 aliphatic heterocycles. The van der Waals surface area contributed by atoms with Crippen LogP contribution in [-0.4, -0.2) is 10.7 Å². The summed E-state index contributed by atoms with van der Waals surface area (Å²) in [7, 11) is 0. The Kier molecular flexibility index (Phi) is 0.893. The van der Waals surface area contributed by atoms with E-state index in [1.165, 1.54) is 19.3 Å². The summed E-state index contributed by atoms with van der Waals surface area (Å²) in [6, 6.07) is 0. The molecule has 4 bridgehead atoms. The Morgan fingerprint density at radius 3 is 2.00 bits per heavy atom. The number of aliphatic hydroxyl groups is 1. The van der Waals surface area contributed by atoms with E-state index in [9.17, 15) is 5.11 Å². The van der Waals surface area contributed by atoms with Crippen molar-refractivity contribution in [3.05, 3.63) is 0 Å². The molecule has 0 aromatic heterocycles. The Labute approximate surface area is 67.8 Å². The van der Waals surface area contributed by atoms with E-state index in [1.807, 2.05) is 0 Å². The zero-order valence-corrected chi connectivity index (χ0v) is 7.14. The molecule has 1 nitrogen and oxygen atoms in total. The van der Waals surface area contributed by atoms with E-state index in [2.05, 4.69) is 6.92 Å². The summed E-state index contributed by atoms with van der Waals surface area (Å²) in [5.74, 6) is 1.75. The van der Waals surface area contributed by atoms with Crippen LogP contribution in [0.2, 0.25) is 0 Å². The van der Waals surface area contributed by atoms with Crippen LogP contribution < -0.4 is 0 Å². The van der Waals surface area contributed by atoms with Gasteiger partial charge in [-0.2, -0.15) is 0 Å². The highest BCUT2D eigenvalue weighted by Crippen LogP contribution is 2.67. The van der Waals surface area contributed by atoms with E-state index >= 15 is 0 Å². The molecule has 4 aliphatic rings. The van der Waals surface area contributed by atoms with Crippen LogP contribution in [0.15, 0.2) is 0 Å². The smallest absolute Gasteiger partial charge is 0.0706 e. The maximum Gasteiger partial charge on any atom is 0.0706 e. The van der Waals surface area contributed by atoms with Gasteiger partial charge in [0, 0.05) is 0 Å². The van der Waals surface area contributed by atoms with Crippen LogP contribution in [0, 0.1) is 17.3 Å². The fourth-order valence-corrected chi connectivity index (χ4v) is 4.22. The van der Waals surface area contributed by atoms with Crippen LogP contribution in [0.4, 0.5) is 0 Å². The molecule has 0 heterocycles. The number of hydrogen-bond acceptors (Lipinski definition) is 1. The minimum atomic E-state index is -0.236. The van der Waals surface area contributed by atoms with Crippen molar-refractivity contribution < 1.29 is 5.11 Å². The highest BCUT2D eigenvalue weighted by atomic mass is 16.3. The van der Waals surface area contributed by atoms with Crippen LogP contribution in [0.1, 0.15) is 39.0 Å². The summed E-state index contributed by atoms with van der Waals surface area (Å²) in [6.07, 6.45) is 6.25. The lowest BCUT2D eigenvalue weighted by atomic mass is 9.76. The maximum atomic E-state index is 10.3. The molecule has 11 heavy (non-hydrogen) atoms. The lowest BCUT2D eigenvalue weighted by Gasteiger charge is -2.32. The van der Waals surface area contributed by atoms with Gasteiger partial charge in [0.25, 0.3) is 0 Å². The summed E-state index contributed by atoms with van der Waals surface area (Å²) in [4.78, 5) is 0. The second kappa shape index (κ2) is 1.52. The highest BCUT2D eigenvalue weighted by Gasteiger charge is 2.63. The van der Waals surface area contributed by atoms with E-state index in [1.54, 1.807) is 0 Å². The third-order valence-electron chi connectivity index (χ3n) is 4.52. The molecule has 0 spiro atoms. The molecule has 0 aromatic carbocycles. The van der Waals surface area contributed by atoms with Gasteiger partial charge in [0.1, 0.15) is 0 Å². The van der Waals surface area contributed by atoms with Gasteiger partial charge in [-0.1, -0.05) is 6.92 Å². The molecule has 4 saturated carbocycles. The lowest BCUT2D eigenvalue weighted by molar-refractivity contribution is -0.0303. The predicted octanol–water partition coefficient (Wildman–Crippen LogP) is 1.95. The van der Waals surface area contributed by atoms with Gasteiger partial charge in [-0.15, -0.1) is 0 Å². The van der Waals surface area contributed by atoms with Crippen molar-refractivity contribution in [3.63, 3.8) is 0 Å². The summed E-state index contributed by atoms with van der Waals surface area (Å²) in [5, 5.41) is 10.3. The van der Waals surface area contributed by atoms with Gasteiger partial charge in [-0.05, 0) is 49.4 Å². The summed E-state index contributed by atoms with van der Waals surface area (Å²) >= 11 is 0. The minimum Gasteiger partial charge on any atom is -0.389 e. The van der Waals surface area contributed by atoms with Crippen LogP contribution in [0.25, 0.3) is 0 Å². The minimum absolute atomic E-state index is 0.236. The van der Waals surface area contributed by atoms with Crippen molar-refractivity contribution in [2.45, 2.75) is 44.6 Å². The largest absolute Gasteiger partial charge is 0.389 e. The first-order valence-corrected chi connectivity index (χ1v) is 4.84. The Balaban J connectivity index is 2.10. The first-order valence-electron chi connectivity index (χ1n) is 4.84. The Morgan fingerprint density at radius 2 is 1.64 bits per heavy atom. The van der Waals surface area contributed by atoms with Crippen LogP contribution in [-0.2, 0) is 0 Å². The van der Waals surface area contributed by atoms with Gasteiger partial charge in [0.15, 0.2) is 0 Å².